The molecule has 0 aliphatic carbocycles. The average molecular weight is 287 g/mol. The lowest BCUT2D eigenvalue weighted by molar-refractivity contribution is -0.384. The third kappa shape index (κ3) is 1.96. The van der Waals surface area contributed by atoms with Crippen molar-refractivity contribution in [1.29, 1.82) is 0 Å². The van der Waals surface area contributed by atoms with E-state index in [0.29, 0.717) is 11.1 Å². The zero-order chi connectivity index (χ0) is 14.1. The minimum Gasteiger partial charge on any atom is -0.258 e. The summed E-state index contributed by atoms with van der Waals surface area (Å²) in [6.07, 6.45) is 2.83. The monoisotopic (exact) mass is 286 g/mol. The van der Waals surface area contributed by atoms with Crippen molar-refractivity contribution in [1.82, 2.24) is 15.0 Å². The van der Waals surface area contributed by atoms with Crippen molar-refractivity contribution in [3.05, 3.63) is 58.1 Å². The van der Waals surface area contributed by atoms with Gasteiger partial charge in [0.1, 0.15) is 6.33 Å². The van der Waals surface area contributed by atoms with Gasteiger partial charge in [-0.05, 0) is 6.07 Å². The van der Waals surface area contributed by atoms with Gasteiger partial charge in [-0.2, -0.15) is 0 Å². The Kier molecular flexibility index (Phi) is 3.00. The van der Waals surface area contributed by atoms with Gasteiger partial charge in [-0.15, -0.1) is 0 Å². The van der Waals surface area contributed by atoms with Crippen molar-refractivity contribution in [2.45, 2.75) is 0 Å². The lowest BCUT2D eigenvalue weighted by atomic mass is 10.1. The Balaban J connectivity index is 2.37. The summed E-state index contributed by atoms with van der Waals surface area (Å²) in [5.74, 6) is 0. The number of fused-ring (bicyclic) bond motifs is 1. The van der Waals surface area contributed by atoms with Crippen molar-refractivity contribution < 1.29 is 4.92 Å². The molecule has 0 radical (unpaired) electrons. The molecule has 3 rings (SSSR count). The van der Waals surface area contributed by atoms with E-state index >= 15 is 0 Å². The zero-order valence-electron chi connectivity index (χ0n) is 10.0. The fourth-order valence-electron chi connectivity index (χ4n) is 2.01. The van der Waals surface area contributed by atoms with E-state index in [4.69, 9.17) is 11.6 Å². The van der Waals surface area contributed by atoms with Gasteiger partial charge in [-0.1, -0.05) is 35.9 Å². The van der Waals surface area contributed by atoms with Crippen molar-refractivity contribution >= 4 is 28.2 Å². The molecule has 0 aliphatic rings. The summed E-state index contributed by atoms with van der Waals surface area (Å²) in [4.78, 5) is 22.5. The number of aromatic nitrogens is 3. The fraction of sp³-hybridized carbons (Fsp3) is 0. The molecular formula is C13H7ClN4O2. The van der Waals surface area contributed by atoms with Gasteiger partial charge >= 0.3 is 5.69 Å². The summed E-state index contributed by atoms with van der Waals surface area (Å²) in [5.41, 5.74) is 1.04. The quantitative estimate of drug-likeness (QED) is 0.410. The van der Waals surface area contributed by atoms with Crippen LogP contribution >= 0.6 is 11.6 Å². The second-order valence-corrected chi connectivity index (χ2v) is 4.36. The first-order chi connectivity index (χ1) is 9.68. The van der Waals surface area contributed by atoms with Crippen LogP contribution in [0.5, 0.6) is 0 Å². The van der Waals surface area contributed by atoms with Crippen LogP contribution in [-0.2, 0) is 0 Å². The van der Waals surface area contributed by atoms with Gasteiger partial charge in [0.2, 0.25) is 5.15 Å². The van der Waals surface area contributed by atoms with Gasteiger partial charge in [0, 0.05) is 17.1 Å². The maximum absolute atomic E-state index is 11.2. The molecular weight excluding hydrogens is 280 g/mol. The van der Waals surface area contributed by atoms with E-state index in [-0.39, 0.29) is 16.5 Å². The molecule has 0 amide bonds. The van der Waals surface area contributed by atoms with Crippen molar-refractivity contribution in [2.24, 2.45) is 0 Å². The minimum atomic E-state index is -0.584. The van der Waals surface area contributed by atoms with Gasteiger partial charge in [0.15, 0.2) is 5.69 Å². The van der Waals surface area contributed by atoms with Crippen LogP contribution < -0.4 is 0 Å². The molecule has 6 nitrogen and oxygen atoms in total. The van der Waals surface area contributed by atoms with Crippen molar-refractivity contribution in [3.63, 3.8) is 0 Å². The maximum Gasteiger partial charge on any atom is 0.332 e. The van der Waals surface area contributed by atoms with E-state index in [1.807, 2.05) is 12.1 Å². The highest BCUT2D eigenvalue weighted by atomic mass is 35.5. The van der Waals surface area contributed by atoms with E-state index in [0.717, 1.165) is 5.39 Å². The third-order valence-electron chi connectivity index (χ3n) is 2.85. The number of benzene rings is 1. The third-order valence-corrected chi connectivity index (χ3v) is 3.12. The average Bonchev–Trinajstić information content (AvgIpc) is 2.46. The number of rotatable bonds is 2. The molecule has 0 spiro atoms. The number of hydrogen-bond acceptors (Lipinski definition) is 5. The Hall–Kier alpha value is -2.60. The van der Waals surface area contributed by atoms with E-state index in [1.165, 1.54) is 6.33 Å². The first-order valence-electron chi connectivity index (χ1n) is 5.67. The smallest absolute Gasteiger partial charge is 0.258 e. The van der Waals surface area contributed by atoms with E-state index < -0.39 is 4.92 Å². The predicted molar refractivity (Wildman–Crippen MR) is 74.4 cm³/mol. The Labute approximate surface area is 118 Å². The van der Waals surface area contributed by atoms with Gasteiger partial charge in [-0.3, -0.25) is 15.1 Å². The van der Waals surface area contributed by atoms with E-state index in [1.54, 1.807) is 24.4 Å². The number of nitro groups is 1. The molecule has 0 saturated carbocycles. The molecule has 0 fully saturated rings. The largest absolute Gasteiger partial charge is 0.332 e. The molecule has 0 N–H and O–H groups in total. The molecule has 2 aromatic heterocycles. The topological polar surface area (TPSA) is 81.8 Å². The number of hydrogen-bond donors (Lipinski definition) is 0. The van der Waals surface area contributed by atoms with Crippen LogP contribution in [0.1, 0.15) is 0 Å². The van der Waals surface area contributed by atoms with Crippen molar-refractivity contribution in [2.75, 3.05) is 0 Å². The Morgan fingerprint density at radius 1 is 1.10 bits per heavy atom. The van der Waals surface area contributed by atoms with Gasteiger partial charge in [0.25, 0.3) is 0 Å². The van der Waals surface area contributed by atoms with Gasteiger partial charge in [-0.25, -0.2) is 9.97 Å². The normalized spacial score (nSPS) is 10.7. The highest BCUT2D eigenvalue weighted by Crippen LogP contribution is 2.35. The summed E-state index contributed by atoms with van der Waals surface area (Å²) < 4.78 is 0. The predicted octanol–water partition coefficient (Wildman–Crippen LogP) is 3.25. The molecule has 3 aromatic rings. The van der Waals surface area contributed by atoms with Crippen LogP contribution in [-0.4, -0.2) is 19.9 Å². The second kappa shape index (κ2) is 4.82. The highest BCUT2D eigenvalue weighted by Gasteiger charge is 2.24. The highest BCUT2D eigenvalue weighted by molar-refractivity contribution is 6.32. The van der Waals surface area contributed by atoms with Gasteiger partial charge in [0.05, 0.1) is 10.4 Å². The lowest BCUT2D eigenvalue weighted by Gasteiger charge is -2.06. The van der Waals surface area contributed by atoms with Crippen LogP contribution in [0.3, 0.4) is 0 Å². The fourth-order valence-corrected chi connectivity index (χ4v) is 2.21. The molecule has 2 heterocycles. The molecule has 20 heavy (non-hydrogen) atoms. The Morgan fingerprint density at radius 3 is 2.70 bits per heavy atom. The Morgan fingerprint density at radius 2 is 1.90 bits per heavy atom. The van der Waals surface area contributed by atoms with Crippen LogP contribution in [0.25, 0.3) is 22.2 Å². The molecule has 98 valence electrons. The molecule has 0 aliphatic heterocycles. The molecule has 0 saturated heterocycles. The number of nitrogens with zero attached hydrogens (tertiary/aromatic N) is 4. The number of para-hydroxylation sites is 1. The maximum atomic E-state index is 11.2. The number of halogens is 1. The van der Waals surface area contributed by atoms with Crippen LogP contribution in [0.4, 0.5) is 5.69 Å². The standard InChI is InChI=1S/C13H7ClN4O2/c14-13-12(18(19)20)11(16-7-17-13)9-5-1-3-8-4-2-6-15-10(8)9/h1-7H. The number of pyridine rings is 1. The lowest BCUT2D eigenvalue weighted by Crippen LogP contribution is -1.98. The molecule has 0 atom stereocenters. The first kappa shape index (κ1) is 12.4. The van der Waals surface area contributed by atoms with E-state index in [2.05, 4.69) is 15.0 Å². The summed E-state index contributed by atoms with van der Waals surface area (Å²) in [6.45, 7) is 0. The van der Waals surface area contributed by atoms with Gasteiger partial charge < -0.3 is 0 Å². The molecule has 7 heteroatoms. The van der Waals surface area contributed by atoms with E-state index in [9.17, 15) is 10.1 Å². The molecule has 0 unspecified atom stereocenters. The summed E-state index contributed by atoms with van der Waals surface area (Å²) >= 11 is 5.81. The van der Waals surface area contributed by atoms with Crippen molar-refractivity contribution in [3.8, 4) is 11.3 Å². The summed E-state index contributed by atoms with van der Waals surface area (Å²) in [7, 11) is 0. The minimum absolute atomic E-state index is 0.166. The summed E-state index contributed by atoms with van der Waals surface area (Å²) in [5, 5.41) is 11.9. The molecule has 0 bridgehead atoms. The Bertz CT molecular complexity index is 817. The SMILES string of the molecule is O=[N+]([O-])c1c(Cl)ncnc1-c1cccc2cccnc12. The molecule has 1 aromatic carbocycles. The van der Waals surface area contributed by atoms with Crippen LogP contribution in [0, 0.1) is 10.1 Å². The van der Waals surface area contributed by atoms with Crippen LogP contribution in [0.2, 0.25) is 5.15 Å². The second-order valence-electron chi connectivity index (χ2n) is 4.00. The zero-order valence-corrected chi connectivity index (χ0v) is 10.8. The first-order valence-corrected chi connectivity index (χ1v) is 6.05. The van der Waals surface area contributed by atoms with Crippen LogP contribution in [0.15, 0.2) is 42.9 Å². The summed E-state index contributed by atoms with van der Waals surface area (Å²) in [6, 6.07) is 9.06.